The first-order valence-electron chi connectivity index (χ1n) is 10.3. The van der Waals surface area contributed by atoms with Crippen molar-refractivity contribution in [1.82, 2.24) is 14.5 Å². The van der Waals surface area contributed by atoms with Crippen molar-refractivity contribution in [3.63, 3.8) is 0 Å². The first kappa shape index (κ1) is 24.6. The number of piperidine rings is 1. The van der Waals surface area contributed by atoms with E-state index in [1.807, 2.05) is 0 Å². The van der Waals surface area contributed by atoms with Crippen molar-refractivity contribution in [2.45, 2.75) is 37.3 Å². The minimum absolute atomic E-state index is 0.0238. The van der Waals surface area contributed by atoms with Gasteiger partial charge in [0.1, 0.15) is 4.21 Å². The van der Waals surface area contributed by atoms with Crippen LogP contribution < -0.4 is 10.6 Å². The molecule has 1 aliphatic heterocycles. The van der Waals surface area contributed by atoms with Gasteiger partial charge in [-0.1, -0.05) is 13.8 Å². The summed E-state index contributed by atoms with van der Waals surface area (Å²) in [6.45, 7) is 6.54. The number of ether oxygens (including phenoxy) is 1. The number of anilines is 1. The highest BCUT2D eigenvalue weighted by Gasteiger charge is 2.28. The molecular formula is C19H32N4O5S2. The third-order valence-corrected chi connectivity index (χ3v) is 8.61. The number of urea groups is 1. The van der Waals surface area contributed by atoms with Gasteiger partial charge in [0, 0.05) is 52.4 Å². The van der Waals surface area contributed by atoms with Crippen molar-refractivity contribution in [1.29, 1.82) is 0 Å². The number of hydrogen-bond acceptors (Lipinski definition) is 6. The fraction of sp³-hybridized carbons (Fsp3) is 0.684. The van der Waals surface area contributed by atoms with E-state index in [4.69, 9.17) is 4.74 Å². The number of methoxy groups -OCH3 is 1. The Kier molecular flexibility index (Phi) is 9.53. The lowest BCUT2D eigenvalue weighted by atomic mass is 9.96. The van der Waals surface area contributed by atoms with Crippen molar-refractivity contribution in [3.05, 3.63) is 12.1 Å². The molecule has 170 valence electrons. The number of nitrogens with zero attached hydrogens (tertiary/aromatic N) is 2. The first-order valence-corrected chi connectivity index (χ1v) is 12.5. The third-order valence-electron chi connectivity index (χ3n) is 5.09. The number of nitrogens with one attached hydrogen (secondary N) is 2. The normalized spacial score (nSPS) is 15.4. The molecule has 1 fully saturated rings. The Bertz CT molecular complexity index is 800. The Balaban J connectivity index is 1.84. The SMILES string of the molecule is CCN(CC)S(=O)(=O)c1ccc(NC(=O)N2CCC(C(=O)NCCCOC)CC2)s1. The molecule has 0 aromatic carbocycles. The molecule has 1 saturated heterocycles. The summed E-state index contributed by atoms with van der Waals surface area (Å²) in [5.41, 5.74) is 0. The summed E-state index contributed by atoms with van der Waals surface area (Å²) >= 11 is 1.05. The highest BCUT2D eigenvalue weighted by Crippen LogP contribution is 2.29. The molecule has 2 heterocycles. The highest BCUT2D eigenvalue weighted by atomic mass is 32.2. The summed E-state index contributed by atoms with van der Waals surface area (Å²) in [4.78, 5) is 26.4. The van der Waals surface area contributed by atoms with E-state index in [-0.39, 0.29) is 22.1 Å². The average molecular weight is 461 g/mol. The minimum atomic E-state index is -3.53. The molecule has 2 rings (SSSR count). The monoisotopic (exact) mass is 460 g/mol. The number of likely N-dealkylation sites (tertiary alicyclic amines) is 1. The number of hydrogen-bond donors (Lipinski definition) is 2. The fourth-order valence-corrected chi connectivity index (χ4v) is 6.13. The van der Waals surface area contributed by atoms with Crippen LogP contribution in [-0.4, -0.2) is 76.0 Å². The zero-order valence-electron chi connectivity index (χ0n) is 17.8. The van der Waals surface area contributed by atoms with Crippen LogP contribution in [0.2, 0.25) is 0 Å². The number of rotatable bonds is 10. The standard InChI is InChI=1S/C19H32N4O5S2/c1-4-23(5-2)30(26,27)17-8-7-16(29-17)21-19(25)22-12-9-15(10-13-22)18(24)20-11-6-14-28-3/h7-8,15H,4-6,9-14H2,1-3H3,(H,20,24)(H,21,25). The maximum absolute atomic E-state index is 12.6. The second-order valence-corrected chi connectivity index (χ2v) is 10.3. The zero-order chi connectivity index (χ0) is 22.1. The van der Waals surface area contributed by atoms with Crippen LogP contribution in [0.25, 0.3) is 0 Å². The van der Waals surface area contributed by atoms with E-state index in [9.17, 15) is 18.0 Å². The van der Waals surface area contributed by atoms with Crippen LogP contribution in [0.4, 0.5) is 9.80 Å². The predicted octanol–water partition coefficient (Wildman–Crippen LogP) is 2.18. The molecule has 0 saturated carbocycles. The van der Waals surface area contributed by atoms with Gasteiger partial charge in [-0.2, -0.15) is 4.31 Å². The van der Waals surface area contributed by atoms with Crippen LogP contribution >= 0.6 is 11.3 Å². The molecule has 0 atom stereocenters. The maximum atomic E-state index is 12.6. The fourth-order valence-electron chi connectivity index (χ4n) is 3.32. The molecule has 9 nitrogen and oxygen atoms in total. The van der Waals surface area contributed by atoms with Gasteiger partial charge in [0.05, 0.1) is 5.00 Å². The molecular weight excluding hydrogens is 428 g/mol. The molecule has 11 heteroatoms. The van der Waals surface area contributed by atoms with Crippen molar-refractivity contribution in [2.75, 3.05) is 51.8 Å². The van der Waals surface area contributed by atoms with Gasteiger partial charge < -0.3 is 15.0 Å². The van der Waals surface area contributed by atoms with Crippen LogP contribution in [0, 0.1) is 5.92 Å². The van der Waals surface area contributed by atoms with Crippen molar-refractivity contribution >= 4 is 38.3 Å². The van der Waals surface area contributed by atoms with E-state index in [0.29, 0.717) is 57.2 Å². The topological polar surface area (TPSA) is 108 Å². The van der Waals surface area contributed by atoms with Crippen LogP contribution in [0.1, 0.15) is 33.1 Å². The molecule has 1 aliphatic rings. The average Bonchev–Trinajstić information content (AvgIpc) is 3.21. The van der Waals surface area contributed by atoms with E-state index in [0.717, 1.165) is 17.8 Å². The van der Waals surface area contributed by atoms with Crippen LogP contribution in [0.15, 0.2) is 16.3 Å². The van der Waals surface area contributed by atoms with Gasteiger partial charge in [-0.3, -0.25) is 10.1 Å². The molecule has 1 aromatic rings. The molecule has 0 spiro atoms. The van der Waals surface area contributed by atoms with Crippen LogP contribution in [-0.2, 0) is 19.6 Å². The van der Waals surface area contributed by atoms with Gasteiger partial charge in [0.25, 0.3) is 10.0 Å². The lowest BCUT2D eigenvalue weighted by molar-refractivity contribution is -0.126. The number of carbonyl (C=O) groups excluding carboxylic acids is 2. The first-order chi connectivity index (χ1) is 14.3. The van der Waals surface area contributed by atoms with E-state index in [1.165, 1.54) is 10.4 Å². The second kappa shape index (κ2) is 11.6. The summed E-state index contributed by atoms with van der Waals surface area (Å²) in [5.74, 6) is -0.0696. The summed E-state index contributed by atoms with van der Waals surface area (Å²) in [7, 11) is -1.91. The number of sulfonamides is 1. The van der Waals surface area contributed by atoms with E-state index in [1.54, 1.807) is 31.9 Å². The third kappa shape index (κ3) is 6.40. The predicted molar refractivity (Wildman–Crippen MR) is 117 cm³/mol. The van der Waals surface area contributed by atoms with Gasteiger partial charge in [-0.05, 0) is 31.4 Å². The second-order valence-electron chi connectivity index (χ2n) is 7.04. The van der Waals surface area contributed by atoms with Gasteiger partial charge >= 0.3 is 6.03 Å². The smallest absolute Gasteiger partial charge is 0.322 e. The molecule has 0 bridgehead atoms. The van der Waals surface area contributed by atoms with E-state index < -0.39 is 10.0 Å². The van der Waals surface area contributed by atoms with Crippen LogP contribution in [0.5, 0.6) is 0 Å². The Morgan fingerprint density at radius 2 is 1.90 bits per heavy atom. The van der Waals surface area contributed by atoms with Crippen molar-refractivity contribution in [2.24, 2.45) is 5.92 Å². The Morgan fingerprint density at radius 3 is 2.50 bits per heavy atom. The van der Waals surface area contributed by atoms with Crippen LogP contribution in [0.3, 0.4) is 0 Å². The zero-order valence-corrected chi connectivity index (χ0v) is 19.5. The highest BCUT2D eigenvalue weighted by molar-refractivity contribution is 7.91. The largest absolute Gasteiger partial charge is 0.385 e. The maximum Gasteiger partial charge on any atom is 0.322 e. The molecule has 0 radical (unpaired) electrons. The Hall–Kier alpha value is -1.69. The lowest BCUT2D eigenvalue weighted by Crippen LogP contribution is -2.44. The molecule has 0 unspecified atom stereocenters. The molecule has 1 aromatic heterocycles. The molecule has 2 N–H and O–H groups in total. The molecule has 30 heavy (non-hydrogen) atoms. The van der Waals surface area contributed by atoms with Gasteiger partial charge in [0.15, 0.2) is 0 Å². The minimum Gasteiger partial charge on any atom is -0.385 e. The number of amides is 3. The van der Waals surface area contributed by atoms with Gasteiger partial charge in [-0.15, -0.1) is 11.3 Å². The Morgan fingerprint density at radius 1 is 1.23 bits per heavy atom. The summed E-state index contributed by atoms with van der Waals surface area (Å²) < 4.78 is 31.7. The molecule has 0 aliphatic carbocycles. The Labute approximate surface area is 182 Å². The van der Waals surface area contributed by atoms with Gasteiger partial charge in [-0.25, -0.2) is 13.2 Å². The summed E-state index contributed by atoms with van der Waals surface area (Å²) in [6.07, 6.45) is 1.99. The molecule has 3 amide bonds. The van der Waals surface area contributed by atoms with Crippen molar-refractivity contribution in [3.8, 4) is 0 Å². The number of thiophene rings is 1. The van der Waals surface area contributed by atoms with Crippen molar-refractivity contribution < 1.29 is 22.7 Å². The van der Waals surface area contributed by atoms with E-state index >= 15 is 0 Å². The summed E-state index contributed by atoms with van der Waals surface area (Å²) in [5, 5.41) is 6.18. The quantitative estimate of drug-likeness (QED) is 0.520. The van der Waals surface area contributed by atoms with E-state index in [2.05, 4.69) is 10.6 Å². The number of carbonyl (C=O) groups is 2. The lowest BCUT2D eigenvalue weighted by Gasteiger charge is -2.31. The van der Waals surface area contributed by atoms with Gasteiger partial charge in [0.2, 0.25) is 5.91 Å². The summed E-state index contributed by atoms with van der Waals surface area (Å²) in [6, 6.07) is 2.86.